The highest BCUT2D eigenvalue weighted by Crippen LogP contribution is 2.47. The van der Waals surface area contributed by atoms with E-state index in [0.29, 0.717) is 12.0 Å². The molecule has 2 atom stereocenters. The van der Waals surface area contributed by atoms with Crippen molar-refractivity contribution in [3.05, 3.63) is 105 Å². The van der Waals surface area contributed by atoms with E-state index < -0.39 is 11.2 Å². The summed E-state index contributed by atoms with van der Waals surface area (Å²) in [6.45, 7) is 0. The molecule has 144 valence electrons. The van der Waals surface area contributed by atoms with Gasteiger partial charge < -0.3 is 4.74 Å². The van der Waals surface area contributed by atoms with Crippen LogP contribution in [-0.2, 0) is 0 Å². The van der Waals surface area contributed by atoms with Crippen LogP contribution in [0.25, 0.3) is 0 Å². The summed E-state index contributed by atoms with van der Waals surface area (Å²) >= 11 is 0. The van der Waals surface area contributed by atoms with Gasteiger partial charge in [-0.3, -0.25) is 10.1 Å². The van der Waals surface area contributed by atoms with Crippen LogP contribution in [0.3, 0.4) is 0 Å². The number of benzene rings is 3. The van der Waals surface area contributed by atoms with Gasteiger partial charge in [0.2, 0.25) is 6.23 Å². The van der Waals surface area contributed by atoms with E-state index in [1.165, 1.54) is 24.3 Å². The number of halogens is 1. The van der Waals surface area contributed by atoms with Gasteiger partial charge >= 0.3 is 0 Å². The van der Waals surface area contributed by atoms with Crippen LogP contribution in [0, 0.1) is 15.9 Å². The first-order valence-corrected chi connectivity index (χ1v) is 9.22. The van der Waals surface area contributed by atoms with E-state index in [1.54, 1.807) is 24.3 Å². The summed E-state index contributed by atoms with van der Waals surface area (Å²) in [5, 5.41) is 17.8. The third kappa shape index (κ3) is 3.00. The van der Waals surface area contributed by atoms with Crippen molar-refractivity contribution in [3.8, 4) is 5.75 Å². The minimum Gasteiger partial charge on any atom is -0.464 e. The predicted molar refractivity (Wildman–Crippen MR) is 105 cm³/mol. The first kappa shape index (κ1) is 17.4. The van der Waals surface area contributed by atoms with Gasteiger partial charge in [0, 0.05) is 29.7 Å². The Hall–Kier alpha value is -3.74. The van der Waals surface area contributed by atoms with Gasteiger partial charge in [0.25, 0.3) is 5.69 Å². The fourth-order valence-corrected chi connectivity index (χ4v) is 3.86. The molecule has 2 heterocycles. The summed E-state index contributed by atoms with van der Waals surface area (Å²) in [4.78, 5) is 10.8. The molecule has 29 heavy (non-hydrogen) atoms. The summed E-state index contributed by atoms with van der Waals surface area (Å²) in [5.41, 5.74) is 3.34. The predicted octanol–water partition coefficient (Wildman–Crippen LogP) is 4.98. The quantitative estimate of drug-likeness (QED) is 0.468. The molecule has 2 unspecified atom stereocenters. The fraction of sp³-hybridized carbons (Fsp3) is 0.136. The zero-order valence-electron chi connectivity index (χ0n) is 15.2. The van der Waals surface area contributed by atoms with E-state index in [0.717, 1.165) is 22.6 Å². The number of para-hydroxylation sites is 1. The van der Waals surface area contributed by atoms with Crippen LogP contribution in [-0.4, -0.2) is 15.6 Å². The molecular weight excluding hydrogens is 373 g/mol. The molecule has 2 aliphatic heterocycles. The lowest BCUT2D eigenvalue weighted by atomic mass is 9.96. The van der Waals surface area contributed by atoms with Crippen molar-refractivity contribution < 1.29 is 14.1 Å². The van der Waals surface area contributed by atoms with Crippen LogP contribution in [0.1, 0.15) is 35.4 Å². The number of non-ortho nitro benzene ring substituents is 1. The Morgan fingerprint density at radius 1 is 1.07 bits per heavy atom. The molecule has 0 spiro atoms. The number of nitro groups is 1. The molecule has 0 saturated carbocycles. The van der Waals surface area contributed by atoms with E-state index in [1.807, 2.05) is 29.3 Å². The zero-order chi connectivity index (χ0) is 20.0. The number of ether oxygens (including phenoxy) is 1. The van der Waals surface area contributed by atoms with E-state index in [2.05, 4.69) is 0 Å². The van der Waals surface area contributed by atoms with Crippen molar-refractivity contribution in [1.29, 1.82) is 0 Å². The molecule has 0 fully saturated rings. The lowest BCUT2D eigenvalue weighted by molar-refractivity contribution is -0.385. The van der Waals surface area contributed by atoms with Gasteiger partial charge in [0.1, 0.15) is 11.6 Å². The number of rotatable bonds is 3. The highest BCUT2D eigenvalue weighted by molar-refractivity contribution is 6.01. The molecule has 2 aliphatic rings. The Balaban J connectivity index is 1.59. The normalized spacial score (nSPS) is 19.8. The number of nitro benzene ring substituents is 1. The average Bonchev–Trinajstić information content (AvgIpc) is 3.19. The molecule has 0 bridgehead atoms. The van der Waals surface area contributed by atoms with Gasteiger partial charge in [-0.1, -0.05) is 42.5 Å². The lowest BCUT2D eigenvalue weighted by Gasteiger charge is -2.38. The lowest BCUT2D eigenvalue weighted by Crippen LogP contribution is -2.33. The Labute approximate surface area is 166 Å². The van der Waals surface area contributed by atoms with E-state index in [9.17, 15) is 14.5 Å². The summed E-state index contributed by atoms with van der Waals surface area (Å²) in [5.74, 6) is 0.439. The minimum atomic E-state index is -0.590. The number of fused-ring (bicyclic) bond motifs is 3. The summed E-state index contributed by atoms with van der Waals surface area (Å²) in [6, 6.07) is 20.3. The maximum absolute atomic E-state index is 13.3. The smallest absolute Gasteiger partial charge is 0.269 e. The van der Waals surface area contributed by atoms with Gasteiger partial charge in [0.05, 0.1) is 16.7 Å². The van der Waals surface area contributed by atoms with Crippen LogP contribution in [0.15, 0.2) is 77.9 Å². The van der Waals surface area contributed by atoms with Crippen LogP contribution < -0.4 is 4.74 Å². The Morgan fingerprint density at radius 2 is 1.86 bits per heavy atom. The molecular formula is C22H16FN3O3. The Morgan fingerprint density at radius 3 is 2.66 bits per heavy atom. The van der Waals surface area contributed by atoms with Crippen molar-refractivity contribution in [1.82, 2.24) is 5.01 Å². The molecule has 0 saturated heterocycles. The first-order valence-electron chi connectivity index (χ1n) is 9.22. The molecule has 3 aromatic carbocycles. The van der Waals surface area contributed by atoms with E-state index in [4.69, 9.17) is 9.84 Å². The third-order valence-electron chi connectivity index (χ3n) is 5.24. The molecule has 0 aromatic heterocycles. The molecule has 3 aromatic rings. The van der Waals surface area contributed by atoms with Gasteiger partial charge in [-0.2, -0.15) is 5.10 Å². The summed E-state index contributed by atoms with van der Waals surface area (Å²) in [7, 11) is 0. The second-order valence-corrected chi connectivity index (χ2v) is 7.01. The topological polar surface area (TPSA) is 68.0 Å². The molecule has 0 amide bonds. The maximum Gasteiger partial charge on any atom is 0.269 e. The largest absolute Gasteiger partial charge is 0.464 e. The van der Waals surface area contributed by atoms with Gasteiger partial charge in [-0.05, 0) is 23.8 Å². The molecule has 7 heteroatoms. The first-order chi connectivity index (χ1) is 14.1. The summed E-state index contributed by atoms with van der Waals surface area (Å²) < 4.78 is 19.5. The fourth-order valence-electron chi connectivity index (χ4n) is 3.86. The van der Waals surface area contributed by atoms with Crippen LogP contribution >= 0.6 is 0 Å². The van der Waals surface area contributed by atoms with Crippen molar-refractivity contribution in [2.75, 3.05) is 0 Å². The van der Waals surface area contributed by atoms with E-state index in [-0.39, 0.29) is 17.5 Å². The van der Waals surface area contributed by atoms with Crippen LogP contribution in [0.5, 0.6) is 5.75 Å². The highest BCUT2D eigenvalue weighted by atomic mass is 19.1. The number of hydrazone groups is 1. The number of hydrogen-bond donors (Lipinski definition) is 0. The molecule has 0 N–H and O–H groups in total. The molecule has 6 nitrogen and oxygen atoms in total. The van der Waals surface area contributed by atoms with Gasteiger partial charge in [-0.25, -0.2) is 9.40 Å². The zero-order valence-corrected chi connectivity index (χ0v) is 15.2. The van der Waals surface area contributed by atoms with E-state index >= 15 is 0 Å². The SMILES string of the molecule is O=[N+]([O-])c1cccc(C2Oc3ccccc3C3CC(c4ccc(F)cc4)=NN32)c1. The second-order valence-electron chi connectivity index (χ2n) is 7.01. The molecule has 0 radical (unpaired) electrons. The third-order valence-corrected chi connectivity index (χ3v) is 5.24. The molecule has 5 rings (SSSR count). The Kier molecular flexibility index (Phi) is 4.01. The monoisotopic (exact) mass is 389 g/mol. The van der Waals surface area contributed by atoms with Crippen molar-refractivity contribution in [2.45, 2.75) is 18.7 Å². The van der Waals surface area contributed by atoms with Crippen molar-refractivity contribution >= 4 is 11.4 Å². The second kappa shape index (κ2) is 6.70. The minimum absolute atomic E-state index is 0.00319. The van der Waals surface area contributed by atoms with Crippen molar-refractivity contribution in [2.24, 2.45) is 5.10 Å². The highest BCUT2D eigenvalue weighted by Gasteiger charge is 2.41. The van der Waals surface area contributed by atoms with Gasteiger partial charge in [-0.15, -0.1) is 0 Å². The summed E-state index contributed by atoms with van der Waals surface area (Å²) in [6.07, 6.45) is 0.0463. The van der Waals surface area contributed by atoms with Crippen LogP contribution in [0.4, 0.5) is 10.1 Å². The standard InChI is InChI=1S/C22H16FN3O3/c23-16-10-8-14(9-11-16)19-13-20-18-6-1-2-7-21(18)29-22(25(20)24-19)15-4-3-5-17(12-15)26(27)28/h1-12,20,22H,13H2. The Bertz CT molecular complexity index is 1130. The molecule has 0 aliphatic carbocycles. The average molecular weight is 389 g/mol. The maximum atomic E-state index is 13.3. The number of hydrogen-bond acceptors (Lipinski definition) is 5. The van der Waals surface area contributed by atoms with Gasteiger partial charge in [0.15, 0.2) is 0 Å². The number of nitrogens with zero attached hydrogens (tertiary/aromatic N) is 3. The van der Waals surface area contributed by atoms with Crippen molar-refractivity contribution in [3.63, 3.8) is 0 Å². The van der Waals surface area contributed by atoms with Crippen LogP contribution in [0.2, 0.25) is 0 Å².